The first-order valence-electron chi connectivity index (χ1n) is 5.39. The molecular weight excluding hydrogens is 222 g/mol. The van der Waals surface area contributed by atoms with E-state index in [1.807, 2.05) is 31.2 Å². The van der Waals surface area contributed by atoms with E-state index in [1.54, 1.807) is 0 Å². The molecule has 0 radical (unpaired) electrons. The molecule has 0 saturated carbocycles. The molecular formula is C12H13NO4. The Hall–Kier alpha value is -2.04. The Morgan fingerprint density at radius 3 is 2.76 bits per heavy atom. The van der Waals surface area contributed by atoms with Crippen LogP contribution < -0.4 is 4.74 Å². The Balaban J connectivity index is 2.06. The third-order valence-corrected chi connectivity index (χ3v) is 2.44. The number of oxime groups is 1. The van der Waals surface area contributed by atoms with E-state index in [9.17, 15) is 4.79 Å². The van der Waals surface area contributed by atoms with Gasteiger partial charge in [0.05, 0.1) is 12.3 Å². The van der Waals surface area contributed by atoms with Gasteiger partial charge in [-0.3, -0.25) is 0 Å². The molecule has 17 heavy (non-hydrogen) atoms. The summed E-state index contributed by atoms with van der Waals surface area (Å²) in [4.78, 5) is 15.5. The molecule has 0 spiro atoms. The zero-order valence-electron chi connectivity index (χ0n) is 9.42. The van der Waals surface area contributed by atoms with Crippen LogP contribution in [0.15, 0.2) is 29.4 Å². The van der Waals surface area contributed by atoms with E-state index in [0.717, 1.165) is 11.3 Å². The third-order valence-electron chi connectivity index (χ3n) is 2.44. The molecule has 1 aliphatic rings. The molecule has 1 atom stereocenters. The van der Waals surface area contributed by atoms with Crippen molar-refractivity contribution in [1.29, 1.82) is 0 Å². The molecule has 0 fully saturated rings. The van der Waals surface area contributed by atoms with Gasteiger partial charge in [0.15, 0.2) is 0 Å². The van der Waals surface area contributed by atoms with Crippen molar-refractivity contribution in [2.45, 2.75) is 19.4 Å². The fourth-order valence-corrected chi connectivity index (χ4v) is 1.59. The number of benzene rings is 1. The van der Waals surface area contributed by atoms with Gasteiger partial charge < -0.3 is 14.7 Å². The van der Waals surface area contributed by atoms with Gasteiger partial charge in [0, 0.05) is 6.42 Å². The second-order valence-electron chi connectivity index (χ2n) is 3.63. The van der Waals surface area contributed by atoms with Crippen LogP contribution in [0.3, 0.4) is 0 Å². The smallest absolute Gasteiger partial charge is 0.348 e. The number of rotatable bonds is 4. The maximum absolute atomic E-state index is 10.7. The van der Waals surface area contributed by atoms with Gasteiger partial charge in [-0.1, -0.05) is 5.16 Å². The first-order valence-corrected chi connectivity index (χ1v) is 5.39. The number of aliphatic carboxylic acids is 1. The summed E-state index contributed by atoms with van der Waals surface area (Å²) in [5.74, 6) is -0.208. The van der Waals surface area contributed by atoms with Crippen molar-refractivity contribution in [3.05, 3.63) is 29.8 Å². The van der Waals surface area contributed by atoms with Crippen LogP contribution in [0.2, 0.25) is 0 Å². The highest BCUT2D eigenvalue weighted by Crippen LogP contribution is 2.19. The van der Waals surface area contributed by atoms with Crippen LogP contribution in [0, 0.1) is 0 Å². The second kappa shape index (κ2) is 4.86. The van der Waals surface area contributed by atoms with Crippen molar-refractivity contribution in [2.75, 3.05) is 6.61 Å². The molecule has 90 valence electrons. The Morgan fingerprint density at radius 2 is 2.24 bits per heavy atom. The van der Waals surface area contributed by atoms with Crippen molar-refractivity contribution in [2.24, 2.45) is 5.16 Å². The number of hydrogen-bond donors (Lipinski definition) is 1. The molecule has 1 heterocycles. The molecule has 0 unspecified atom stereocenters. The van der Waals surface area contributed by atoms with E-state index < -0.39 is 12.1 Å². The highest BCUT2D eigenvalue weighted by molar-refractivity contribution is 6.03. The highest BCUT2D eigenvalue weighted by atomic mass is 16.7. The lowest BCUT2D eigenvalue weighted by atomic mass is 10.1. The van der Waals surface area contributed by atoms with Crippen LogP contribution in [-0.4, -0.2) is 29.5 Å². The highest BCUT2D eigenvalue weighted by Gasteiger charge is 2.28. The summed E-state index contributed by atoms with van der Waals surface area (Å²) in [6.07, 6.45) is -0.569. The van der Waals surface area contributed by atoms with Crippen LogP contribution in [0.1, 0.15) is 18.9 Å². The number of nitrogens with zero attached hydrogens (tertiary/aromatic N) is 1. The molecule has 0 aromatic heterocycles. The van der Waals surface area contributed by atoms with Crippen LogP contribution in [0.4, 0.5) is 0 Å². The summed E-state index contributed by atoms with van der Waals surface area (Å²) in [6, 6.07) is 7.35. The molecule has 1 aromatic carbocycles. The maximum atomic E-state index is 10.7. The van der Waals surface area contributed by atoms with Crippen LogP contribution in [0.25, 0.3) is 0 Å². The summed E-state index contributed by atoms with van der Waals surface area (Å²) in [6.45, 7) is 2.53. The number of hydrogen-bond acceptors (Lipinski definition) is 4. The van der Waals surface area contributed by atoms with Gasteiger partial charge in [-0.2, -0.15) is 0 Å². The SMILES string of the molecule is CCOc1ccc(C2=NO[C@@H](C(=O)O)C2)cc1. The lowest BCUT2D eigenvalue weighted by Gasteiger charge is -2.04. The molecule has 0 aliphatic carbocycles. The summed E-state index contributed by atoms with van der Waals surface area (Å²) in [5.41, 5.74) is 1.51. The number of carboxylic acids is 1. The Bertz CT molecular complexity index is 438. The van der Waals surface area contributed by atoms with Crippen LogP contribution in [0.5, 0.6) is 5.75 Å². The quantitative estimate of drug-likeness (QED) is 0.861. The number of ether oxygens (including phenoxy) is 1. The van der Waals surface area contributed by atoms with Gasteiger partial charge in [-0.25, -0.2) is 4.79 Å². The number of carboxylic acid groups (broad SMARTS) is 1. The first-order chi connectivity index (χ1) is 8.20. The van der Waals surface area contributed by atoms with E-state index in [4.69, 9.17) is 14.7 Å². The van der Waals surface area contributed by atoms with Gasteiger partial charge in [0.2, 0.25) is 6.10 Å². The van der Waals surface area contributed by atoms with Crippen molar-refractivity contribution < 1.29 is 19.5 Å². The Morgan fingerprint density at radius 1 is 1.53 bits per heavy atom. The second-order valence-corrected chi connectivity index (χ2v) is 3.63. The standard InChI is InChI=1S/C12H13NO4/c1-2-16-9-5-3-8(4-6-9)10-7-11(12(14)15)17-13-10/h3-6,11H,2,7H2,1H3,(H,14,15)/t11-/m1/s1. The lowest BCUT2D eigenvalue weighted by molar-refractivity contribution is -0.148. The topological polar surface area (TPSA) is 68.1 Å². The first kappa shape index (κ1) is 11.4. The summed E-state index contributed by atoms with van der Waals surface area (Å²) >= 11 is 0. The predicted octanol–water partition coefficient (Wildman–Crippen LogP) is 1.66. The third kappa shape index (κ3) is 2.55. The zero-order valence-corrected chi connectivity index (χ0v) is 9.42. The van der Waals surface area contributed by atoms with Crippen molar-refractivity contribution in [3.8, 4) is 5.75 Å². The molecule has 0 amide bonds. The van der Waals surface area contributed by atoms with Gasteiger partial charge >= 0.3 is 5.97 Å². The summed E-state index contributed by atoms with van der Waals surface area (Å²) in [5, 5.41) is 12.6. The van der Waals surface area contributed by atoms with E-state index in [1.165, 1.54) is 0 Å². The average molecular weight is 235 g/mol. The van der Waals surface area contributed by atoms with Crippen molar-refractivity contribution in [1.82, 2.24) is 0 Å². The molecule has 0 bridgehead atoms. The molecule has 0 saturated heterocycles. The summed E-state index contributed by atoms with van der Waals surface area (Å²) < 4.78 is 5.32. The Kier molecular flexibility index (Phi) is 3.27. The molecule has 1 aromatic rings. The van der Waals surface area contributed by atoms with Crippen molar-refractivity contribution >= 4 is 11.7 Å². The minimum Gasteiger partial charge on any atom is -0.494 e. The lowest BCUT2D eigenvalue weighted by Crippen LogP contribution is -2.19. The molecule has 2 rings (SSSR count). The fraction of sp³-hybridized carbons (Fsp3) is 0.333. The van der Waals surface area contributed by atoms with Gasteiger partial charge in [-0.15, -0.1) is 0 Å². The fourth-order valence-electron chi connectivity index (χ4n) is 1.59. The van der Waals surface area contributed by atoms with Crippen LogP contribution in [-0.2, 0) is 9.63 Å². The largest absolute Gasteiger partial charge is 0.494 e. The minimum atomic E-state index is -0.991. The maximum Gasteiger partial charge on any atom is 0.348 e. The molecule has 5 heteroatoms. The Labute approximate surface area is 98.6 Å². The van der Waals surface area contributed by atoms with Gasteiger partial charge in [0.1, 0.15) is 5.75 Å². The molecule has 1 aliphatic heterocycles. The van der Waals surface area contributed by atoms with E-state index >= 15 is 0 Å². The predicted molar refractivity (Wildman–Crippen MR) is 61.3 cm³/mol. The van der Waals surface area contributed by atoms with Crippen LogP contribution >= 0.6 is 0 Å². The number of carbonyl (C=O) groups is 1. The van der Waals surface area contributed by atoms with Crippen molar-refractivity contribution in [3.63, 3.8) is 0 Å². The van der Waals surface area contributed by atoms with Gasteiger partial charge in [-0.05, 0) is 36.8 Å². The minimum absolute atomic E-state index is 0.295. The van der Waals surface area contributed by atoms with E-state index in [2.05, 4.69) is 5.16 Å². The van der Waals surface area contributed by atoms with E-state index in [-0.39, 0.29) is 0 Å². The molecule has 5 nitrogen and oxygen atoms in total. The molecule has 1 N–H and O–H groups in total. The average Bonchev–Trinajstić information content (AvgIpc) is 2.80. The van der Waals surface area contributed by atoms with Gasteiger partial charge in [0.25, 0.3) is 0 Å². The zero-order chi connectivity index (χ0) is 12.3. The summed E-state index contributed by atoms with van der Waals surface area (Å²) in [7, 11) is 0. The van der Waals surface area contributed by atoms with E-state index in [0.29, 0.717) is 18.7 Å². The monoisotopic (exact) mass is 235 g/mol. The normalized spacial score (nSPS) is 18.4.